The average molecular weight is 178 g/mol. The number of hydrogen-bond donors (Lipinski definition) is 0. The van der Waals surface area contributed by atoms with Gasteiger partial charge in [0.25, 0.3) is 0 Å². The third-order valence-electron chi connectivity index (χ3n) is 4.33. The third kappa shape index (κ3) is 1.03. The maximum Gasteiger partial charge on any atom is 0.0611 e. The smallest absolute Gasteiger partial charge is 0.0611 e. The molecule has 3 aliphatic carbocycles. The minimum Gasteiger partial charge on any atom is -0.378 e. The van der Waals surface area contributed by atoms with Crippen molar-refractivity contribution in [2.75, 3.05) is 6.61 Å². The van der Waals surface area contributed by atoms with E-state index in [2.05, 4.69) is 19.1 Å². The van der Waals surface area contributed by atoms with Crippen molar-refractivity contribution in [1.82, 2.24) is 0 Å². The Hall–Kier alpha value is -0.300. The van der Waals surface area contributed by atoms with Gasteiger partial charge in [0, 0.05) is 6.61 Å². The van der Waals surface area contributed by atoms with Gasteiger partial charge in [0.05, 0.1) is 6.10 Å². The molecule has 3 aliphatic rings. The van der Waals surface area contributed by atoms with E-state index in [0.29, 0.717) is 6.10 Å². The molecule has 0 aliphatic heterocycles. The Labute approximate surface area is 80.2 Å². The predicted molar refractivity (Wildman–Crippen MR) is 52.4 cm³/mol. The summed E-state index contributed by atoms with van der Waals surface area (Å²) in [5.41, 5.74) is 0. The van der Waals surface area contributed by atoms with Crippen molar-refractivity contribution in [3.8, 4) is 0 Å². The first-order valence-corrected chi connectivity index (χ1v) is 5.68. The second-order valence-corrected chi connectivity index (χ2v) is 4.79. The first-order chi connectivity index (χ1) is 6.40. The SMILES string of the molecule is CCO[C@@H]1C[C@@H]2C[C@@H]1[C@@H]1C=CC[C@H]21. The highest BCUT2D eigenvalue weighted by Gasteiger charge is 2.52. The maximum atomic E-state index is 5.81. The van der Waals surface area contributed by atoms with Crippen molar-refractivity contribution in [3.63, 3.8) is 0 Å². The van der Waals surface area contributed by atoms with Gasteiger partial charge in [0.2, 0.25) is 0 Å². The molecule has 1 heteroatoms. The highest BCUT2D eigenvalue weighted by atomic mass is 16.5. The lowest BCUT2D eigenvalue weighted by atomic mass is 9.80. The predicted octanol–water partition coefficient (Wildman–Crippen LogP) is 2.62. The average Bonchev–Trinajstić information content (AvgIpc) is 2.72. The van der Waals surface area contributed by atoms with E-state index in [4.69, 9.17) is 4.74 Å². The Bertz CT molecular complexity index is 233. The zero-order valence-electron chi connectivity index (χ0n) is 8.28. The molecule has 0 radical (unpaired) electrons. The van der Waals surface area contributed by atoms with Gasteiger partial charge in [-0.05, 0) is 49.9 Å². The molecule has 1 nitrogen and oxygen atoms in total. The van der Waals surface area contributed by atoms with Crippen molar-refractivity contribution in [2.24, 2.45) is 23.7 Å². The van der Waals surface area contributed by atoms with Crippen LogP contribution in [-0.4, -0.2) is 12.7 Å². The highest BCUT2D eigenvalue weighted by molar-refractivity contribution is 5.14. The topological polar surface area (TPSA) is 9.23 Å². The van der Waals surface area contributed by atoms with Gasteiger partial charge in [-0.15, -0.1) is 0 Å². The fourth-order valence-electron chi connectivity index (χ4n) is 3.89. The van der Waals surface area contributed by atoms with E-state index in [1.807, 2.05) is 0 Å². The molecule has 0 aromatic carbocycles. The summed E-state index contributed by atoms with van der Waals surface area (Å²) in [6.07, 6.45) is 9.60. The van der Waals surface area contributed by atoms with E-state index in [0.717, 1.165) is 30.3 Å². The van der Waals surface area contributed by atoms with E-state index >= 15 is 0 Å². The summed E-state index contributed by atoms with van der Waals surface area (Å²) >= 11 is 0. The minimum absolute atomic E-state index is 0.596. The zero-order chi connectivity index (χ0) is 8.84. The molecule has 0 unspecified atom stereocenters. The second-order valence-electron chi connectivity index (χ2n) is 4.79. The van der Waals surface area contributed by atoms with Crippen molar-refractivity contribution < 1.29 is 4.74 Å². The summed E-state index contributed by atoms with van der Waals surface area (Å²) in [4.78, 5) is 0. The van der Waals surface area contributed by atoms with E-state index in [1.54, 1.807) is 0 Å². The Balaban J connectivity index is 1.77. The Morgan fingerprint density at radius 1 is 1.31 bits per heavy atom. The van der Waals surface area contributed by atoms with Crippen molar-refractivity contribution in [1.29, 1.82) is 0 Å². The third-order valence-corrected chi connectivity index (χ3v) is 4.33. The summed E-state index contributed by atoms with van der Waals surface area (Å²) in [7, 11) is 0. The normalized spacial score (nSPS) is 51.6. The molecule has 2 bridgehead atoms. The van der Waals surface area contributed by atoms with Crippen LogP contribution in [0, 0.1) is 23.7 Å². The molecule has 2 fully saturated rings. The first-order valence-electron chi connectivity index (χ1n) is 5.68. The van der Waals surface area contributed by atoms with E-state index in [-0.39, 0.29) is 0 Å². The molecule has 0 N–H and O–H groups in total. The number of allylic oxidation sites excluding steroid dienone is 2. The number of hydrogen-bond acceptors (Lipinski definition) is 1. The molecule has 0 heterocycles. The molecule has 0 aromatic rings. The van der Waals surface area contributed by atoms with Gasteiger partial charge in [0.15, 0.2) is 0 Å². The van der Waals surface area contributed by atoms with Crippen LogP contribution in [-0.2, 0) is 4.74 Å². The van der Waals surface area contributed by atoms with Crippen LogP contribution in [0.15, 0.2) is 12.2 Å². The highest BCUT2D eigenvalue weighted by Crippen LogP contribution is 2.57. The monoisotopic (exact) mass is 178 g/mol. The molecule has 5 atom stereocenters. The molecule has 3 rings (SSSR count). The summed E-state index contributed by atoms with van der Waals surface area (Å²) in [6.45, 7) is 3.02. The van der Waals surface area contributed by atoms with Crippen LogP contribution in [0.2, 0.25) is 0 Å². The van der Waals surface area contributed by atoms with E-state index < -0.39 is 0 Å². The maximum absolute atomic E-state index is 5.81. The van der Waals surface area contributed by atoms with E-state index in [1.165, 1.54) is 19.3 Å². The van der Waals surface area contributed by atoms with Gasteiger partial charge >= 0.3 is 0 Å². The Morgan fingerprint density at radius 2 is 2.23 bits per heavy atom. The molecular formula is C12H18O. The Morgan fingerprint density at radius 3 is 3.08 bits per heavy atom. The van der Waals surface area contributed by atoms with Crippen LogP contribution in [0.1, 0.15) is 26.2 Å². The van der Waals surface area contributed by atoms with Crippen LogP contribution in [0.4, 0.5) is 0 Å². The number of ether oxygens (including phenoxy) is 1. The lowest BCUT2D eigenvalue weighted by molar-refractivity contribution is 0.00243. The molecule has 0 spiro atoms. The number of fused-ring (bicyclic) bond motifs is 5. The molecular weight excluding hydrogens is 160 g/mol. The van der Waals surface area contributed by atoms with Crippen LogP contribution < -0.4 is 0 Å². The standard InChI is InChI=1S/C12H18O/c1-2-13-12-7-8-6-11(12)10-5-3-4-9(8)10/h3,5,8-12H,2,4,6-7H2,1H3/t8-,9+,10+,11+,12+/m0/s1. The van der Waals surface area contributed by atoms with Gasteiger partial charge in [-0.3, -0.25) is 0 Å². The summed E-state index contributed by atoms with van der Waals surface area (Å²) in [5.74, 6) is 3.74. The van der Waals surface area contributed by atoms with Crippen LogP contribution in [0.5, 0.6) is 0 Å². The molecule has 0 aromatic heterocycles. The second kappa shape index (κ2) is 2.84. The van der Waals surface area contributed by atoms with Gasteiger partial charge < -0.3 is 4.74 Å². The molecule has 72 valence electrons. The van der Waals surface area contributed by atoms with Crippen LogP contribution >= 0.6 is 0 Å². The van der Waals surface area contributed by atoms with Crippen LogP contribution in [0.25, 0.3) is 0 Å². The summed E-state index contributed by atoms with van der Waals surface area (Å²) < 4.78 is 5.81. The molecule has 13 heavy (non-hydrogen) atoms. The largest absolute Gasteiger partial charge is 0.378 e. The fraction of sp³-hybridized carbons (Fsp3) is 0.833. The Kier molecular flexibility index (Phi) is 1.76. The van der Waals surface area contributed by atoms with Gasteiger partial charge in [-0.25, -0.2) is 0 Å². The molecule has 0 saturated heterocycles. The molecule has 0 amide bonds. The summed E-state index contributed by atoms with van der Waals surface area (Å²) in [5, 5.41) is 0. The van der Waals surface area contributed by atoms with E-state index in [9.17, 15) is 0 Å². The lowest BCUT2D eigenvalue weighted by Gasteiger charge is -2.30. The first kappa shape index (κ1) is 8.05. The fourth-order valence-corrected chi connectivity index (χ4v) is 3.89. The van der Waals surface area contributed by atoms with Gasteiger partial charge in [-0.1, -0.05) is 12.2 Å². The van der Waals surface area contributed by atoms with Crippen molar-refractivity contribution in [3.05, 3.63) is 12.2 Å². The quantitative estimate of drug-likeness (QED) is 0.591. The molecule has 2 saturated carbocycles. The van der Waals surface area contributed by atoms with Crippen molar-refractivity contribution >= 4 is 0 Å². The number of rotatable bonds is 2. The van der Waals surface area contributed by atoms with Crippen molar-refractivity contribution in [2.45, 2.75) is 32.3 Å². The zero-order valence-corrected chi connectivity index (χ0v) is 8.28. The van der Waals surface area contributed by atoms with Gasteiger partial charge in [0.1, 0.15) is 0 Å². The minimum atomic E-state index is 0.596. The van der Waals surface area contributed by atoms with Gasteiger partial charge in [-0.2, -0.15) is 0 Å². The summed E-state index contributed by atoms with van der Waals surface area (Å²) in [6, 6.07) is 0. The van der Waals surface area contributed by atoms with Crippen LogP contribution in [0.3, 0.4) is 0 Å². The lowest BCUT2D eigenvalue weighted by Crippen LogP contribution is -2.30.